The number of hydrogen-bond acceptors (Lipinski definition) is 4. The van der Waals surface area contributed by atoms with Crippen molar-refractivity contribution in [3.63, 3.8) is 0 Å². The maximum Gasteiger partial charge on any atom is 0.194 e. The topological polar surface area (TPSA) is 46.6 Å². The highest BCUT2D eigenvalue weighted by atomic mass is 31.0. The molecule has 1 aliphatic heterocycles. The van der Waals surface area contributed by atoms with Gasteiger partial charge in [-0.15, -0.1) is 0 Å². The van der Waals surface area contributed by atoms with Crippen molar-refractivity contribution in [2.75, 3.05) is 18.0 Å². The zero-order valence-corrected chi connectivity index (χ0v) is 25.0. The summed E-state index contributed by atoms with van der Waals surface area (Å²) in [6, 6.07) is 29.0. The van der Waals surface area contributed by atoms with Crippen molar-refractivity contribution in [3.05, 3.63) is 107 Å². The molecule has 0 bridgehead atoms. The number of benzene rings is 7. The van der Waals surface area contributed by atoms with Gasteiger partial charge in [0.25, 0.3) is 0 Å². The maximum atomic E-state index is 14.0. The Kier molecular flexibility index (Phi) is 4.84. The van der Waals surface area contributed by atoms with Crippen molar-refractivity contribution in [2.24, 2.45) is 0 Å². The van der Waals surface area contributed by atoms with Crippen molar-refractivity contribution < 1.29 is 14.1 Å². The molecule has 1 atom stereocenters. The van der Waals surface area contributed by atoms with Gasteiger partial charge in [0.1, 0.15) is 5.75 Å². The van der Waals surface area contributed by atoms with Crippen LogP contribution in [0.4, 0.5) is 5.69 Å². The molecule has 7 aromatic rings. The zero-order valence-electron chi connectivity index (χ0n) is 23.9. The number of anilines is 1. The fraction of sp³-hybridized carbons (Fsp3) is 0.128. The number of carbonyl (C=O) groups is 2. The van der Waals surface area contributed by atoms with Crippen LogP contribution >= 0.6 is 9.47 Å². The molecule has 3 aliphatic rings. The number of nitrogens with zero attached hydrogens (tertiary/aromatic N) is 1. The van der Waals surface area contributed by atoms with Crippen LogP contribution < -0.4 is 9.42 Å². The Morgan fingerprint density at radius 3 is 1.50 bits per heavy atom. The number of carbonyl (C=O) groups excluding carboxylic acids is 2. The van der Waals surface area contributed by atoms with E-state index in [-0.39, 0.29) is 11.6 Å². The van der Waals surface area contributed by atoms with Gasteiger partial charge in [0, 0.05) is 51.8 Å². The highest BCUT2D eigenvalue weighted by Gasteiger charge is 2.31. The minimum absolute atomic E-state index is 0.0364. The smallest absolute Gasteiger partial charge is 0.194 e. The normalized spacial score (nSPS) is 15.4. The van der Waals surface area contributed by atoms with Crippen LogP contribution in [0, 0.1) is 0 Å². The Morgan fingerprint density at radius 1 is 0.477 bits per heavy atom. The van der Waals surface area contributed by atoms with Gasteiger partial charge < -0.3 is 9.42 Å². The lowest BCUT2D eigenvalue weighted by atomic mass is 9.76. The molecule has 1 fully saturated rings. The summed E-state index contributed by atoms with van der Waals surface area (Å²) < 4.78 is 5.45. The Bertz CT molecular complexity index is 2430. The van der Waals surface area contributed by atoms with Crippen molar-refractivity contribution in [2.45, 2.75) is 19.3 Å². The molecular formula is C39H26NO3P. The second-order valence-corrected chi connectivity index (χ2v) is 12.6. The Morgan fingerprint density at radius 2 is 0.955 bits per heavy atom. The molecule has 1 heterocycles. The van der Waals surface area contributed by atoms with E-state index in [0.717, 1.165) is 95.1 Å². The zero-order chi connectivity index (χ0) is 29.3. The first kappa shape index (κ1) is 24.6. The first-order valence-electron chi connectivity index (χ1n) is 15.3. The molecule has 0 amide bonds. The molecule has 0 aromatic heterocycles. The second kappa shape index (κ2) is 8.65. The summed E-state index contributed by atoms with van der Waals surface area (Å²) in [4.78, 5) is 30.3. The quantitative estimate of drug-likeness (QED) is 0.115. The third-order valence-corrected chi connectivity index (χ3v) is 10.6. The SMILES string of the molecule is O=C1c2ccc(OP)cc2-c2ccc3c4ccc5c6c(ccc(c7ccc1c2c73)c64)C(=O)c1ccc(N2CCCCC2)cc1-5. The summed E-state index contributed by atoms with van der Waals surface area (Å²) in [5.74, 6) is 0.824. The standard InChI is InChI=1S/C39H26NO3P/c41-38-28-6-4-20(40-16-2-1-3-17-40)18-32(28)26-10-8-22-23-9-11-27-33-19-21(43-44)5-7-29(33)39(42)31-15-13-25(35(23)37(27)31)24-12-14-30(38)36(26)34(22)24/h4-15,18-19H,1-3,16-17,44H2. The van der Waals surface area contributed by atoms with E-state index < -0.39 is 0 Å². The van der Waals surface area contributed by atoms with E-state index in [2.05, 4.69) is 62.9 Å². The summed E-state index contributed by atoms with van der Waals surface area (Å²) in [6.07, 6.45) is 3.70. The van der Waals surface area contributed by atoms with E-state index in [1.807, 2.05) is 36.4 Å². The number of fused-ring (bicyclic) bond motifs is 6. The molecule has 0 N–H and O–H groups in total. The molecule has 4 nitrogen and oxygen atoms in total. The lowest BCUT2D eigenvalue weighted by Gasteiger charge is -2.30. The molecule has 2 aliphatic carbocycles. The van der Waals surface area contributed by atoms with Crippen LogP contribution in [-0.2, 0) is 0 Å². The number of rotatable bonds is 2. The molecule has 210 valence electrons. The summed E-state index contributed by atoms with van der Waals surface area (Å²) in [7, 11) is 2.30. The Hall–Kier alpha value is -4.79. The maximum absolute atomic E-state index is 14.0. The Balaban J connectivity index is 1.30. The largest absolute Gasteiger partial charge is 0.480 e. The first-order chi connectivity index (χ1) is 21.6. The van der Waals surface area contributed by atoms with Crippen LogP contribution in [0.3, 0.4) is 0 Å². The molecular weight excluding hydrogens is 561 g/mol. The molecule has 5 heteroatoms. The van der Waals surface area contributed by atoms with Gasteiger partial charge in [0.05, 0.1) is 9.47 Å². The predicted molar refractivity (Wildman–Crippen MR) is 182 cm³/mol. The average molecular weight is 588 g/mol. The molecule has 44 heavy (non-hydrogen) atoms. The van der Waals surface area contributed by atoms with Crippen LogP contribution in [0.25, 0.3) is 65.3 Å². The number of ketones is 2. The van der Waals surface area contributed by atoms with Gasteiger partial charge in [-0.1, -0.05) is 36.4 Å². The number of hydrogen-bond donors (Lipinski definition) is 0. The van der Waals surface area contributed by atoms with Crippen LogP contribution in [-0.4, -0.2) is 24.7 Å². The van der Waals surface area contributed by atoms with E-state index in [1.54, 1.807) is 0 Å². The summed E-state index contributed by atoms with van der Waals surface area (Å²) in [5.41, 5.74) is 8.26. The van der Waals surface area contributed by atoms with Crippen LogP contribution in [0.5, 0.6) is 5.75 Å². The van der Waals surface area contributed by atoms with E-state index in [1.165, 1.54) is 24.9 Å². The van der Waals surface area contributed by atoms with Gasteiger partial charge in [0.15, 0.2) is 11.6 Å². The summed E-state index contributed by atoms with van der Waals surface area (Å²) in [6.45, 7) is 2.12. The van der Waals surface area contributed by atoms with Crippen molar-refractivity contribution in [1.82, 2.24) is 0 Å². The molecule has 1 saturated heterocycles. The summed E-state index contributed by atoms with van der Waals surface area (Å²) >= 11 is 0. The molecule has 7 aromatic carbocycles. The summed E-state index contributed by atoms with van der Waals surface area (Å²) in [5, 5.41) is 8.68. The highest BCUT2D eigenvalue weighted by Crippen LogP contribution is 2.51. The third-order valence-electron chi connectivity index (χ3n) is 10.3. The lowest BCUT2D eigenvalue weighted by molar-refractivity contribution is 0.103. The van der Waals surface area contributed by atoms with Crippen LogP contribution in [0.1, 0.15) is 51.1 Å². The molecule has 0 saturated carbocycles. The second-order valence-electron chi connectivity index (χ2n) is 12.4. The molecule has 10 rings (SSSR count). The van der Waals surface area contributed by atoms with Gasteiger partial charge in [-0.25, -0.2) is 0 Å². The van der Waals surface area contributed by atoms with E-state index in [9.17, 15) is 9.59 Å². The minimum atomic E-state index is 0.0364. The highest BCUT2D eigenvalue weighted by molar-refractivity contribution is 7.10. The fourth-order valence-corrected chi connectivity index (χ4v) is 8.47. The Labute approximate surface area is 255 Å². The molecule has 0 radical (unpaired) electrons. The molecule has 1 unspecified atom stereocenters. The van der Waals surface area contributed by atoms with Gasteiger partial charge in [-0.3, -0.25) is 9.59 Å². The predicted octanol–water partition coefficient (Wildman–Crippen LogP) is 9.32. The average Bonchev–Trinajstić information content (AvgIpc) is 3.08. The van der Waals surface area contributed by atoms with E-state index >= 15 is 0 Å². The minimum Gasteiger partial charge on any atom is -0.480 e. The van der Waals surface area contributed by atoms with Crippen molar-refractivity contribution in [3.8, 4) is 28.0 Å². The monoisotopic (exact) mass is 587 g/mol. The number of piperidine rings is 1. The fourth-order valence-electron chi connectivity index (χ4n) is 8.33. The van der Waals surface area contributed by atoms with Gasteiger partial charge in [-0.2, -0.15) is 0 Å². The molecule has 0 spiro atoms. The van der Waals surface area contributed by atoms with E-state index in [0.29, 0.717) is 11.3 Å². The van der Waals surface area contributed by atoms with Crippen molar-refractivity contribution >= 4 is 69.8 Å². The van der Waals surface area contributed by atoms with Crippen molar-refractivity contribution in [1.29, 1.82) is 0 Å². The third kappa shape index (κ3) is 3.01. The van der Waals surface area contributed by atoms with E-state index in [4.69, 9.17) is 4.52 Å². The van der Waals surface area contributed by atoms with Gasteiger partial charge >= 0.3 is 0 Å². The van der Waals surface area contributed by atoms with Crippen LogP contribution in [0.2, 0.25) is 0 Å². The first-order valence-corrected chi connectivity index (χ1v) is 15.8. The lowest BCUT2D eigenvalue weighted by Crippen LogP contribution is -2.29. The van der Waals surface area contributed by atoms with Gasteiger partial charge in [-0.05, 0) is 122 Å². The van der Waals surface area contributed by atoms with Crippen LogP contribution in [0.15, 0.2) is 84.9 Å². The van der Waals surface area contributed by atoms with Gasteiger partial charge in [0.2, 0.25) is 0 Å².